The van der Waals surface area contributed by atoms with Crippen molar-refractivity contribution in [2.45, 2.75) is 28.8 Å². The lowest BCUT2D eigenvalue weighted by molar-refractivity contribution is -0.137. The summed E-state index contributed by atoms with van der Waals surface area (Å²) >= 11 is 8.50. The summed E-state index contributed by atoms with van der Waals surface area (Å²) in [6.45, 7) is -0.262. The van der Waals surface area contributed by atoms with E-state index in [1.165, 1.54) is 30.0 Å². The van der Waals surface area contributed by atoms with E-state index >= 15 is 0 Å². The van der Waals surface area contributed by atoms with Crippen LogP contribution in [0.2, 0.25) is 5.02 Å². The molecule has 48 heavy (non-hydrogen) atoms. The molecule has 246 valence electrons. The summed E-state index contributed by atoms with van der Waals surface area (Å²) in [6.07, 6.45) is -4.16. The van der Waals surface area contributed by atoms with E-state index < -0.39 is 41.1 Å². The third-order valence-corrected chi connectivity index (χ3v) is 12.7. The van der Waals surface area contributed by atoms with Crippen molar-refractivity contribution < 1.29 is 32.3 Å². The number of imide groups is 1. The van der Waals surface area contributed by atoms with Crippen LogP contribution in [0.5, 0.6) is 5.75 Å². The van der Waals surface area contributed by atoms with Gasteiger partial charge in [-0.2, -0.15) is 13.2 Å². The molecule has 3 heterocycles. The molecule has 3 aromatic carbocycles. The number of hydrogen-bond acceptors (Lipinski definition) is 7. The molecule has 8 rings (SSSR count). The predicted molar refractivity (Wildman–Crippen MR) is 174 cm³/mol. The number of amides is 3. The van der Waals surface area contributed by atoms with Crippen molar-refractivity contribution in [2.75, 3.05) is 16.8 Å². The predicted octanol–water partition coefficient (Wildman–Crippen LogP) is 6.80. The maximum Gasteiger partial charge on any atom is 0.418 e. The summed E-state index contributed by atoms with van der Waals surface area (Å²) in [5, 5.41) is 3.84. The fourth-order valence-electron chi connectivity index (χ4n) is 8.21. The second-order valence-electron chi connectivity index (χ2n) is 12.4. The number of nitrogens with zero attached hydrogens (tertiary/aromatic N) is 1. The maximum absolute atomic E-state index is 14.0. The fourth-order valence-corrected chi connectivity index (χ4v) is 11.2. The molecule has 2 aliphatic carbocycles. The van der Waals surface area contributed by atoms with Gasteiger partial charge in [-0.15, -0.1) is 11.8 Å². The Hall–Kier alpha value is -4.07. The van der Waals surface area contributed by atoms with Crippen LogP contribution in [-0.4, -0.2) is 34.6 Å². The molecule has 2 N–H and O–H groups in total. The van der Waals surface area contributed by atoms with E-state index in [1.54, 1.807) is 36.4 Å². The monoisotopic (exact) mass is 711 g/mol. The van der Waals surface area contributed by atoms with Gasteiger partial charge in [0.15, 0.2) is 6.61 Å². The van der Waals surface area contributed by atoms with Crippen LogP contribution in [0.15, 0.2) is 82.6 Å². The van der Waals surface area contributed by atoms with Gasteiger partial charge in [-0.25, -0.2) is 4.90 Å². The topological polar surface area (TPSA) is 109 Å². The van der Waals surface area contributed by atoms with Gasteiger partial charge in [0, 0.05) is 26.8 Å². The number of aromatic nitrogens is 1. The van der Waals surface area contributed by atoms with Crippen LogP contribution in [0.25, 0.3) is 0 Å². The minimum Gasteiger partial charge on any atom is -0.484 e. The number of hydrogen-bond donors (Lipinski definition) is 2. The number of alkyl halides is 3. The number of thiazole rings is 1. The normalized spacial score (nSPS) is 27.1. The molecule has 3 amide bonds. The number of carbonyl (C=O) groups is 3. The molecule has 8 nitrogen and oxygen atoms in total. The van der Waals surface area contributed by atoms with Crippen LogP contribution in [-0.2, 0) is 20.6 Å². The van der Waals surface area contributed by atoms with E-state index in [9.17, 15) is 32.3 Å². The Morgan fingerprint density at radius 1 is 0.979 bits per heavy atom. The lowest BCUT2D eigenvalue weighted by Crippen LogP contribution is -2.42. The fraction of sp³-hybridized carbons (Fsp3) is 0.294. The van der Waals surface area contributed by atoms with Crippen LogP contribution < -0.4 is 19.8 Å². The lowest BCUT2D eigenvalue weighted by atomic mass is 9.68. The number of nitrogens with one attached hydrogen (secondary N) is 2. The van der Waals surface area contributed by atoms with Gasteiger partial charge in [-0.3, -0.25) is 19.2 Å². The molecular formula is C34H25ClF3N3O5S2. The number of fused-ring (bicyclic) bond motifs is 9. The van der Waals surface area contributed by atoms with Gasteiger partial charge in [-0.1, -0.05) is 47.2 Å². The SMILES string of the molecule is O=C(COc1cccc([C@H]2c3sc(=O)[nH]c3SC3C4CC(C5C(=O)N(c6ccccc6C(F)(F)F)C(=O)C45)C32)c1)Nc1ccc(Cl)cc1. The summed E-state index contributed by atoms with van der Waals surface area (Å²) in [5.74, 6) is -3.69. The minimum atomic E-state index is -4.74. The first-order valence-corrected chi connectivity index (χ1v) is 17.3. The van der Waals surface area contributed by atoms with Crippen LogP contribution in [0.4, 0.5) is 24.5 Å². The quantitative estimate of drug-likeness (QED) is 0.213. The molecule has 14 heteroatoms. The van der Waals surface area contributed by atoms with Gasteiger partial charge in [0.25, 0.3) is 5.91 Å². The average molecular weight is 712 g/mol. The highest BCUT2D eigenvalue weighted by atomic mass is 35.5. The molecule has 4 aliphatic rings. The van der Waals surface area contributed by atoms with Crippen LogP contribution >= 0.6 is 34.7 Å². The first kappa shape index (κ1) is 31.2. The Labute approximate surface area is 284 Å². The lowest BCUT2D eigenvalue weighted by Gasteiger charge is -2.43. The smallest absolute Gasteiger partial charge is 0.418 e. The van der Waals surface area contributed by atoms with E-state index in [-0.39, 0.29) is 46.3 Å². The van der Waals surface area contributed by atoms with E-state index in [1.807, 2.05) is 12.1 Å². The average Bonchev–Trinajstić information content (AvgIpc) is 3.79. The minimum absolute atomic E-state index is 0.150. The third-order valence-electron chi connectivity index (χ3n) is 9.89. The zero-order chi connectivity index (χ0) is 33.5. The zero-order valence-electron chi connectivity index (χ0n) is 24.7. The molecule has 1 saturated heterocycles. The highest BCUT2D eigenvalue weighted by Gasteiger charge is 2.70. The largest absolute Gasteiger partial charge is 0.484 e. The molecule has 7 atom stereocenters. The van der Waals surface area contributed by atoms with Gasteiger partial charge in [0.05, 0.1) is 28.1 Å². The number of halogens is 4. The molecule has 1 aromatic heterocycles. The van der Waals surface area contributed by atoms with Crippen LogP contribution in [0, 0.1) is 29.6 Å². The van der Waals surface area contributed by atoms with Crippen molar-refractivity contribution in [1.82, 2.24) is 4.98 Å². The summed E-state index contributed by atoms with van der Waals surface area (Å²) in [6, 6.07) is 18.6. The van der Waals surface area contributed by atoms with Crippen molar-refractivity contribution in [3.8, 4) is 5.75 Å². The number of rotatable bonds is 6. The maximum atomic E-state index is 14.0. The van der Waals surface area contributed by atoms with Crippen molar-refractivity contribution in [3.05, 3.63) is 103 Å². The zero-order valence-corrected chi connectivity index (χ0v) is 27.1. The van der Waals surface area contributed by atoms with Gasteiger partial charge in [-0.05, 0) is 78.3 Å². The van der Waals surface area contributed by atoms with Gasteiger partial charge in [0.1, 0.15) is 5.75 Å². The van der Waals surface area contributed by atoms with Crippen molar-refractivity contribution in [3.63, 3.8) is 0 Å². The van der Waals surface area contributed by atoms with E-state index in [0.29, 0.717) is 27.9 Å². The van der Waals surface area contributed by atoms with E-state index in [4.69, 9.17) is 16.3 Å². The number of thioether (sulfide) groups is 1. The highest BCUT2D eigenvalue weighted by molar-refractivity contribution is 8.00. The Morgan fingerprint density at radius 2 is 1.71 bits per heavy atom. The summed E-state index contributed by atoms with van der Waals surface area (Å²) in [7, 11) is 0. The number of benzene rings is 3. The Balaban J connectivity index is 1.10. The molecule has 2 saturated carbocycles. The number of aromatic amines is 1. The highest BCUT2D eigenvalue weighted by Crippen LogP contribution is 2.69. The van der Waals surface area contributed by atoms with Crippen LogP contribution in [0.1, 0.15) is 28.3 Å². The molecule has 2 aliphatic heterocycles. The number of anilines is 2. The molecule has 0 radical (unpaired) electrons. The molecule has 4 aromatic rings. The second-order valence-corrected chi connectivity index (χ2v) is 15.0. The first-order chi connectivity index (χ1) is 23.0. The Kier molecular flexibility index (Phi) is 7.49. The van der Waals surface area contributed by atoms with Crippen LogP contribution in [0.3, 0.4) is 0 Å². The first-order valence-electron chi connectivity index (χ1n) is 15.2. The number of H-pyrrole nitrogens is 1. The second kappa shape index (κ2) is 11.5. The molecule has 6 unspecified atom stereocenters. The number of ether oxygens (including phenoxy) is 1. The molecule has 0 spiro atoms. The van der Waals surface area contributed by atoms with Gasteiger partial charge in [0.2, 0.25) is 11.8 Å². The molecule has 3 fully saturated rings. The van der Waals surface area contributed by atoms with E-state index in [2.05, 4.69) is 10.3 Å². The molecular weight excluding hydrogens is 687 g/mol. The van der Waals surface area contributed by atoms with Crippen molar-refractivity contribution in [1.29, 1.82) is 0 Å². The van der Waals surface area contributed by atoms with Crippen molar-refractivity contribution in [2.24, 2.45) is 29.6 Å². The third kappa shape index (κ3) is 5.05. The Bertz CT molecular complexity index is 2030. The summed E-state index contributed by atoms with van der Waals surface area (Å²) < 4.78 is 47.8. The number of para-hydroxylation sites is 1. The number of carbonyl (C=O) groups excluding carboxylic acids is 3. The summed E-state index contributed by atoms with van der Waals surface area (Å²) in [5.41, 5.74) is -0.0774. The molecule has 2 bridgehead atoms. The van der Waals surface area contributed by atoms with Gasteiger partial charge < -0.3 is 15.0 Å². The van der Waals surface area contributed by atoms with Gasteiger partial charge >= 0.3 is 11.0 Å². The van der Waals surface area contributed by atoms with E-state index in [0.717, 1.165) is 32.7 Å². The summed E-state index contributed by atoms with van der Waals surface area (Å²) in [4.78, 5) is 57.4. The standard InChI is InChI=1S/C34H25ClF3N3O5S2/c35-16-8-10-17(11-9-16)39-23(42)14-46-18-5-3-4-15(12-18)24-25-19-13-20(28(25)47-30-29(24)48-33(45)40-30)27-26(19)31(43)41(32(27)44)22-7-2-1-6-21(22)34(36,37)38/h1-12,19-20,24-28H,13-14H2,(H,39,42)(H,40,45)/t19?,20?,24-,25?,26?,27?,28?/m1/s1. The van der Waals surface area contributed by atoms with Crippen molar-refractivity contribution >= 4 is 63.8 Å². The Morgan fingerprint density at radius 3 is 2.46 bits per heavy atom.